The third kappa shape index (κ3) is 3.52. The second-order valence-electron chi connectivity index (χ2n) is 4.33. The number of pyridine rings is 1. The highest BCUT2D eigenvalue weighted by Crippen LogP contribution is 2.19. The van der Waals surface area contributed by atoms with E-state index in [9.17, 15) is 12.8 Å². The molecule has 1 aromatic carbocycles. The summed E-state index contributed by atoms with van der Waals surface area (Å²) in [6.07, 6.45) is 0. The van der Waals surface area contributed by atoms with Gasteiger partial charge >= 0.3 is 0 Å². The lowest BCUT2D eigenvalue weighted by molar-refractivity contribution is 0.584. The van der Waals surface area contributed by atoms with E-state index in [0.29, 0.717) is 5.82 Å². The molecule has 1 unspecified atom stereocenters. The van der Waals surface area contributed by atoms with Crippen molar-refractivity contribution in [1.82, 2.24) is 4.98 Å². The minimum absolute atomic E-state index is 0.0531. The van der Waals surface area contributed by atoms with Crippen molar-refractivity contribution >= 4 is 15.8 Å². The van der Waals surface area contributed by atoms with Crippen molar-refractivity contribution in [2.45, 2.75) is 17.9 Å². The van der Waals surface area contributed by atoms with Crippen molar-refractivity contribution in [1.29, 1.82) is 0 Å². The SMILES string of the molecule is CC(Nc1cccc(F)n1)c1ccc(S(N)(=O)=O)cc1. The average Bonchev–Trinajstić information content (AvgIpc) is 2.38. The Morgan fingerprint density at radius 2 is 1.85 bits per heavy atom. The molecule has 3 N–H and O–H groups in total. The van der Waals surface area contributed by atoms with Crippen LogP contribution in [0.3, 0.4) is 0 Å². The second kappa shape index (κ2) is 5.56. The zero-order valence-electron chi connectivity index (χ0n) is 10.7. The fraction of sp³-hybridized carbons (Fsp3) is 0.154. The fourth-order valence-electron chi connectivity index (χ4n) is 1.74. The van der Waals surface area contributed by atoms with Crippen LogP contribution in [0.1, 0.15) is 18.5 Å². The van der Waals surface area contributed by atoms with Crippen LogP contribution in [0.4, 0.5) is 10.2 Å². The van der Waals surface area contributed by atoms with Crippen LogP contribution in [-0.4, -0.2) is 13.4 Å². The summed E-state index contributed by atoms with van der Waals surface area (Å²) in [6.45, 7) is 1.86. The van der Waals surface area contributed by atoms with Crippen LogP contribution >= 0.6 is 0 Å². The topological polar surface area (TPSA) is 85.1 Å². The van der Waals surface area contributed by atoms with Gasteiger partial charge in [0.15, 0.2) is 0 Å². The molecule has 0 radical (unpaired) electrons. The first-order chi connectivity index (χ1) is 9.36. The molecule has 106 valence electrons. The van der Waals surface area contributed by atoms with Crippen LogP contribution in [0.15, 0.2) is 47.4 Å². The van der Waals surface area contributed by atoms with Gasteiger partial charge in [-0.2, -0.15) is 4.39 Å². The second-order valence-corrected chi connectivity index (χ2v) is 5.89. The van der Waals surface area contributed by atoms with Crippen molar-refractivity contribution < 1.29 is 12.8 Å². The highest BCUT2D eigenvalue weighted by atomic mass is 32.2. The third-order valence-corrected chi connectivity index (χ3v) is 3.72. The predicted octanol–water partition coefficient (Wildman–Crippen LogP) is 2.04. The van der Waals surface area contributed by atoms with E-state index >= 15 is 0 Å². The summed E-state index contributed by atoms with van der Waals surface area (Å²) >= 11 is 0. The normalized spacial score (nSPS) is 12.9. The first-order valence-electron chi connectivity index (χ1n) is 5.88. The van der Waals surface area contributed by atoms with Gasteiger partial charge in [-0.15, -0.1) is 0 Å². The molecule has 1 atom stereocenters. The number of hydrogen-bond acceptors (Lipinski definition) is 4. The summed E-state index contributed by atoms with van der Waals surface area (Å²) in [5, 5.41) is 8.05. The van der Waals surface area contributed by atoms with Gasteiger partial charge in [-0.05, 0) is 36.8 Å². The molecule has 0 saturated carbocycles. The predicted molar refractivity (Wildman–Crippen MR) is 74.0 cm³/mol. The van der Waals surface area contributed by atoms with E-state index in [-0.39, 0.29) is 10.9 Å². The number of halogens is 1. The molecule has 0 aliphatic heterocycles. The first kappa shape index (κ1) is 14.4. The lowest BCUT2D eigenvalue weighted by Crippen LogP contribution is -2.13. The van der Waals surface area contributed by atoms with E-state index in [1.165, 1.54) is 18.2 Å². The quantitative estimate of drug-likeness (QED) is 0.845. The summed E-state index contributed by atoms with van der Waals surface area (Å²) in [4.78, 5) is 3.75. The van der Waals surface area contributed by atoms with Crippen LogP contribution in [-0.2, 0) is 10.0 Å². The number of rotatable bonds is 4. The van der Waals surface area contributed by atoms with Gasteiger partial charge in [0, 0.05) is 6.04 Å². The van der Waals surface area contributed by atoms with Crippen LogP contribution in [0.2, 0.25) is 0 Å². The maximum Gasteiger partial charge on any atom is 0.238 e. The molecule has 0 saturated heterocycles. The molecule has 5 nitrogen and oxygen atoms in total. The standard InChI is InChI=1S/C13H14FN3O2S/c1-9(16-13-4-2-3-12(14)17-13)10-5-7-11(8-6-10)20(15,18)19/h2-9H,1H3,(H,16,17)(H2,15,18,19). The zero-order chi connectivity index (χ0) is 14.8. The minimum atomic E-state index is -3.69. The molecule has 20 heavy (non-hydrogen) atoms. The Morgan fingerprint density at radius 3 is 2.40 bits per heavy atom. The van der Waals surface area contributed by atoms with Crippen LogP contribution in [0, 0.1) is 5.95 Å². The Labute approximate surface area is 116 Å². The maximum absolute atomic E-state index is 13.0. The maximum atomic E-state index is 13.0. The van der Waals surface area contributed by atoms with Gasteiger partial charge in [-0.25, -0.2) is 18.5 Å². The number of nitrogens with zero attached hydrogens (tertiary/aromatic N) is 1. The molecule has 1 aromatic heterocycles. The molecule has 0 aliphatic carbocycles. The van der Waals surface area contributed by atoms with E-state index in [1.807, 2.05) is 6.92 Å². The molecule has 0 aliphatic rings. The Morgan fingerprint density at radius 1 is 1.20 bits per heavy atom. The molecule has 0 amide bonds. The molecule has 2 rings (SSSR count). The highest BCUT2D eigenvalue weighted by molar-refractivity contribution is 7.89. The number of anilines is 1. The first-order valence-corrected chi connectivity index (χ1v) is 7.43. The number of aromatic nitrogens is 1. The number of nitrogens with one attached hydrogen (secondary N) is 1. The third-order valence-electron chi connectivity index (χ3n) is 2.79. The number of nitrogens with two attached hydrogens (primary N) is 1. The van der Waals surface area contributed by atoms with Crippen molar-refractivity contribution in [3.05, 3.63) is 54.0 Å². The van der Waals surface area contributed by atoms with E-state index in [1.54, 1.807) is 24.3 Å². The van der Waals surface area contributed by atoms with E-state index in [2.05, 4.69) is 10.3 Å². The van der Waals surface area contributed by atoms with Gasteiger partial charge in [0.05, 0.1) is 4.90 Å². The largest absolute Gasteiger partial charge is 0.363 e. The minimum Gasteiger partial charge on any atom is -0.363 e. The Kier molecular flexibility index (Phi) is 4.01. The van der Waals surface area contributed by atoms with Gasteiger partial charge in [0.2, 0.25) is 16.0 Å². The molecule has 2 aromatic rings. The average molecular weight is 295 g/mol. The summed E-state index contributed by atoms with van der Waals surface area (Å²) in [5.41, 5.74) is 0.837. The van der Waals surface area contributed by atoms with Crippen molar-refractivity contribution in [2.75, 3.05) is 5.32 Å². The van der Waals surface area contributed by atoms with E-state index < -0.39 is 16.0 Å². The molecule has 1 heterocycles. The number of hydrogen-bond donors (Lipinski definition) is 2. The smallest absolute Gasteiger partial charge is 0.238 e. The molecule has 0 fully saturated rings. The zero-order valence-corrected chi connectivity index (χ0v) is 11.6. The van der Waals surface area contributed by atoms with E-state index in [0.717, 1.165) is 5.56 Å². The van der Waals surface area contributed by atoms with Crippen LogP contribution < -0.4 is 10.5 Å². The lowest BCUT2D eigenvalue weighted by Gasteiger charge is -2.15. The van der Waals surface area contributed by atoms with Crippen molar-refractivity contribution in [3.63, 3.8) is 0 Å². The van der Waals surface area contributed by atoms with E-state index in [4.69, 9.17) is 5.14 Å². The number of sulfonamides is 1. The van der Waals surface area contributed by atoms with Crippen molar-refractivity contribution in [2.24, 2.45) is 5.14 Å². The molecular weight excluding hydrogens is 281 g/mol. The van der Waals surface area contributed by atoms with Crippen LogP contribution in [0.5, 0.6) is 0 Å². The molecular formula is C13H14FN3O2S. The van der Waals surface area contributed by atoms with Crippen LogP contribution in [0.25, 0.3) is 0 Å². The Balaban J connectivity index is 2.15. The Hall–Kier alpha value is -1.99. The Bertz CT molecular complexity index is 702. The monoisotopic (exact) mass is 295 g/mol. The lowest BCUT2D eigenvalue weighted by atomic mass is 10.1. The van der Waals surface area contributed by atoms with Gasteiger partial charge in [-0.1, -0.05) is 18.2 Å². The highest BCUT2D eigenvalue weighted by Gasteiger charge is 2.10. The molecule has 0 spiro atoms. The van der Waals surface area contributed by atoms with Gasteiger partial charge < -0.3 is 5.32 Å². The van der Waals surface area contributed by atoms with Crippen molar-refractivity contribution in [3.8, 4) is 0 Å². The van der Waals surface area contributed by atoms with Gasteiger partial charge in [0.25, 0.3) is 0 Å². The van der Waals surface area contributed by atoms with Gasteiger partial charge in [0.1, 0.15) is 5.82 Å². The number of benzene rings is 1. The summed E-state index contributed by atoms with van der Waals surface area (Å²) in [7, 11) is -3.69. The van der Waals surface area contributed by atoms with Gasteiger partial charge in [-0.3, -0.25) is 0 Å². The molecule has 0 bridgehead atoms. The summed E-state index contributed by atoms with van der Waals surface area (Å²) in [6, 6.07) is 10.5. The fourth-order valence-corrected chi connectivity index (χ4v) is 2.26. The summed E-state index contributed by atoms with van der Waals surface area (Å²) in [5.74, 6) is -0.153. The molecule has 7 heteroatoms. The summed E-state index contributed by atoms with van der Waals surface area (Å²) < 4.78 is 35.3. The number of primary sulfonamides is 1.